The van der Waals surface area contributed by atoms with Gasteiger partial charge in [0.05, 0.1) is 6.04 Å². The van der Waals surface area contributed by atoms with Crippen molar-refractivity contribution >= 4 is 17.7 Å². The SMILES string of the molecule is CCNC(CCN1C(=O)CCC1=O)C(N)=O. The van der Waals surface area contributed by atoms with Gasteiger partial charge in [-0.05, 0) is 13.0 Å². The number of primary amides is 1. The first kappa shape index (κ1) is 12.6. The number of hydrogen-bond donors (Lipinski definition) is 2. The number of nitrogens with two attached hydrogens (primary N) is 1. The maximum absolute atomic E-state index is 11.3. The number of rotatable bonds is 6. The Morgan fingerprint density at radius 1 is 1.44 bits per heavy atom. The summed E-state index contributed by atoms with van der Waals surface area (Å²) in [4.78, 5) is 34.8. The van der Waals surface area contributed by atoms with Gasteiger partial charge < -0.3 is 11.1 Å². The van der Waals surface area contributed by atoms with Gasteiger partial charge in [0.2, 0.25) is 17.7 Å². The molecule has 0 aromatic heterocycles. The predicted molar refractivity (Wildman–Crippen MR) is 57.2 cm³/mol. The summed E-state index contributed by atoms with van der Waals surface area (Å²) in [5.74, 6) is -0.782. The molecule has 6 heteroatoms. The number of carbonyl (C=O) groups excluding carboxylic acids is 3. The second-order valence-corrected chi connectivity index (χ2v) is 3.74. The second kappa shape index (κ2) is 5.60. The molecule has 6 nitrogen and oxygen atoms in total. The molecule has 90 valence electrons. The number of nitrogens with one attached hydrogen (secondary N) is 1. The van der Waals surface area contributed by atoms with Crippen LogP contribution in [0.1, 0.15) is 26.2 Å². The van der Waals surface area contributed by atoms with E-state index < -0.39 is 11.9 Å². The lowest BCUT2D eigenvalue weighted by Crippen LogP contribution is -2.44. The van der Waals surface area contributed by atoms with Crippen LogP contribution in [0.3, 0.4) is 0 Å². The lowest BCUT2D eigenvalue weighted by atomic mass is 10.2. The molecule has 1 unspecified atom stereocenters. The summed E-state index contributed by atoms with van der Waals surface area (Å²) in [6.45, 7) is 2.75. The van der Waals surface area contributed by atoms with Crippen molar-refractivity contribution in [3.05, 3.63) is 0 Å². The van der Waals surface area contributed by atoms with E-state index in [1.165, 1.54) is 4.90 Å². The monoisotopic (exact) mass is 227 g/mol. The molecule has 0 saturated carbocycles. The van der Waals surface area contributed by atoms with E-state index in [1.807, 2.05) is 6.92 Å². The Morgan fingerprint density at radius 3 is 2.44 bits per heavy atom. The molecule has 1 fully saturated rings. The minimum Gasteiger partial charge on any atom is -0.368 e. The number of imide groups is 1. The van der Waals surface area contributed by atoms with Gasteiger partial charge in [0.25, 0.3) is 0 Å². The van der Waals surface area contributed by atoms with Gasteiger partial charge in [-0.2, -0.15) is 0 Å². The molecule has 1 aliphatic rings. The molecule has 16 heavy (non-hydrogen) atoms. The Kier molecular flexibility index (Phi) is 4.42. The lowest BCUT2D eigenvalue weighted by Gasteiger charge is -2.18. The number of nitrogens with zero attached hydrogens (tertiary/aromatic N) is 1. The molecule has 3 N–H and O–H groups in total. The molecule has 0 aliphatic carbocycles. The van der Waals surface area contributed by atoms with Crippen LogP contribution in [0.5, 0.6) is 0 Å². The summed E-state index contributed by atoms with van der Waals surface area (Å²) < 4.78 is 0. The second-order valence-electron chi connectivity index (χ2n) is 3.74. The smallest absolute Gasteiger partial charge is 0.234 e. The number of likely N-dealkylation sites (N-methyl/N-ethyl adjacent to an activating group) is 1. The number of likely N-dealkylation sites (tertiary alicyclic amines) is 1. The maximum Gasteiger partial charge on any atom is 0.234 e. The van der Waals surface area contributed by atoms with Crippen molar-refractivity contribution in [1.82, 2.24) is 10.2 Å². The van der Waals surface area contributed by atoms with Gasteiger partial charge >= 0.3 is 0 Å². The van der Waals surface area contributed by atoms with E-state index in [4.69, 9.17) is 5.73 Å². The van der Waals surface area contributed by atoms with Crippen molar-refractivity contribution in [2.45, 2.75) is 32.2 Å². The van der Waals surface area contributed by atoms with Crippen LogP contribution < -0.4 is 11.1 Å². The molecule has 1 rings (SSSR count). The van der Waals surface area contributed by atoms with Crippen molar-refractivity contribution in [2.75, 3.05) is 13.1 Å². The highest BCUT2D eigenvalue weighted by atomic mass is 16.2. The summed E-state index contributed by atoms with van der Waals surface area (Å²) >= 11 is 0. The van der Waals surface area contributed by atoms with Crippen LogP contribution in [0.4, 0.5) is 0 Å². The minimum absolute atomic E-state index is 0.162. The van der Waals surface area contributed by atoms with Gasteiger partial charge in [0, 0.05) is 19.4 Å². The fourth-order valence-electron chi connectivity index (χ4n) is 1.72. The molecule has 0 aromatic carbocycles. The quantitative estimate of drug-likeness (QED) is 0.569. The Morgan fingerprint density at radius 2 is 2.00 bits per heavy atom. The summed E-state index contributed by atoms with van der Waals surface area (Å²) in [5.41, 5.74) is 5.19. The fraction of sp³-hybridized carbons (Fsp3) is 0.700. The number of amides is 3. The van der Waals surface area contributed by atoms with Gasteiger partial charge in [-0.1, -0.05) is 6.92 Å². The highest BCUT2D eigenvalue weighted by Gasteiger charge is 2.29. The molecule has 0 spiro atoms. The van der Waals surface area contributed by atoms with E-state index in [2.05, 4.69) is 5.32 Å². The third-order valence-electron chi connectivity index (χ3n) is 2.59. The molecule has 1 saturated heterocycles. The summed E-state index contributed by atoms with van der Waals surface area (Å²) in [5, 5.41) is 2.91. The average Bonchev–Trinajstić information content (AvgIpc) is 2.54. The molecule has 0 bridgehead atoms. The van der Waals surface area contributed by atoms with E-state index in [0.717, 1.165) is 0 Å². The zero-order chi connectivity index (χ0) is 12.1. The van der Waals surface area contributed by atoms with Crippen LogP contribution in [-0.2, 0) is 14.4 Å². The third-order valence-corrected chi connectivity index (χ3v) is 2.59. The standard InChI is InChI=1S/C10H17N3O3/c1-2-12-7(10(11)16)5-6-13-8(14)3-4-9(13)15/h7,12H,2-6H2,1H3,(H2,11,16). The first-order valence-electron chi connectivity index (χ1n) is 5.42. The predicted octanol–water partition coefficient (Wildman–Crippen LogP) is -1.01. The molecule has 1 heterocycles. The van der Waals surface area contributed by atoms with Crippen LogP contribution in [0, 0.1) is 0 Å². The largest absolute Gasteiger partial charge is 0.368 e. The molecule has 0 radical (unpaired) electrons. The molecular weight excluding hydrogens is 210 g/mol. The minimum atomic E-state index is -0.480. The van der Waals surface area contributed by atoms with Crippen LogP contribution in [-0.4, -0.2) is 41.8 Å². The first-order chi connectivity index (χ1) is 7.56. The molecular formula is C10H17N3O3. The van der Waals surface area contributed by atoms with Crippen LogP contribution in [0.25, 0.3) is 0 Å². The molecule has 0 aromatic rings. The van der Waals surface area contributed by atoms with Crippen molar-refractivity contribution in [2.24, 2.45) is 5.73 Å². The van der Waals surface area contributed by atoms with Crippen molar-refractivity contribution in [3.63, 3.8) is 0 Å². The topological polar surface area (TPSA) is 92.5 Å². The van der Waals surface area contributed by atoms with Crippen molar-refractivity contribution < 1.29 is 14.4 Å². The van der Waals surface area contributed by atoms with Gasteiger partial charge in [0.15, 0.2) is 0 Å². The average molecular weight is 227 g/mol. The van der Waals surface area contributed by atoms with E-state index >= 15 is 0 Å². The number of hydrogen-bond acceptors (Lipinski definition) is 4. The van der Waals surface area contributed by atoms with E-state index in [9.17, 15) is 14.4 Å². The molecule has 1 atom stereocenters. The van der Waals surface area contributed by atoms with Crippen molar-refractivity contribution in [1.29, 1.82) is 0 Å². The highest BCUT2D eigenvalue weighted by molar-refractivity contribution is 6.01. The Hall–Kier alpha value is -1.43. The Balaban J connectivity index is 2.45. The lowest BCUT2D eigenvalue weighted by molar-refractivity contribution is -0.139. The summed E-state index contributed by atoms with van der Waals surface area (Å²) in [6, 6.07) is -0.480. The summed E-state index contributed by atoms with van der Waals surface area (Å²) in [6.07, 6.45) is 0.934. The third kappa shape index (κ3) is 3.03. The van der Waals surface area contributed by atoms with Crippen LogP contribution in [0.2, 0.25) is 0 Å². The van der Waals surface area contributed by atoms with E-state index in [-0.39, 0.29) is 31.2 Å². The van der Waals surface area contributed by atoms with Crippen LogP contribution in [0.15, 0.2) is 0 Å². The zero-order valence-corrected chi connectivity index (χ0v) is 9.36. The molecule has 3 amide bonds. The van der Waals surface area contributed by atoms with Gasteiger partial charge in [-0.25, -0.2) is 0 Å². The van der Waals surface area contributed by atoms with Gasteiger partial charge in [-0.3, -0.25) is 19.3 Å². The zero-order valence-electron chi connectivity index (χ0n) is 9.36. The first-order valence-corrected chi connectivity index (χ1v) is 5.42. The fourth-order valence-corrected chi connectivity index (χ4v) is 1.72. The Bertz CT molecular complexity index is 288. The number of carbonyl (C=O) groups is 3. The van der Waals surface area contributed by atoms with Gasteiger partial charge in [0.1, 0.15) is 0 Å². The summed E-state index contributed by atoms with van der Waals surface area (Å²) in [7, 11) is 0. The molecule has 1 aliphatic heterocycles. The maximum atomic E-state index is 11.3. The highest BCUT2D eigenvalue weighted by Crippen LogP contribution is 2.12. The normalized spacial score (nSPS) is 17.9. The van der Waals surface area contributed by atoms with Gasteiger partial charge in [-0.15, -0.1) is 0 Å². The Labute approximate surface area is 94.2 Å². The van der Waals surface area contributed by atoms with Crippen molar-refractivity contribution in [3.8, 4) is 0 Å². The van der Waals surface area contributed by atoms with Crippen LogP contribution >= 0.6 is 0 Å². The van der Waals surface area contributed by atoms with E-state index in [1.54, 1.807) is 0 Å². The van der Waals surface area contributed by atoms with E-state index in [0.29, 0.717) is 13.0 Å².